The normalized spacial score (nSPS) is 10.4. The minimum Gasteiger partial charge on any atom is -0.507 e. The van der Waals surface area contributed by atoms with Gasteiger partial charge in [-0.3, -0.25) is 4.79 Å². The summed E-state index contributed by atoms with van der Waals surface area (Å²) in [5, 5.41) is 25.4. The van der Waals surface area contributed by atoms with Crippen molar-refractivity contribution in [3.63, 3.8) is 0 Å². The number of ketones is 1. The molecule has 0 heterocycles. The van der Waals surface area contributed by atoms with Gasteiger partial charge in [0.2, 0.25) is 0 Å². The van der Waals surface area contributed by atoms with Crippen molar-refractivity contribution in [1.82, 2.24) is 0 Å². The molecule has 23 heavy (non-hydrogen) atoms. The predicted molar refractivity (Wildman–Crippen MR) is 80.1 cm³/mol. The summed E-state index contributed by atoms with van der Waals surface area (Å²) in [6.45, 7) is 1.58. The molecule has 0 atom stereocenters. The quantitative estimate of drug-likeness (QED) is 0.196. The van der Waals surface area contributed by atoms with Crippen molar-refractivity contribution in [2.24, 2.45) is 10.2 Å². The van der Waals surface area contributed by atoms with E-state index in [2.05, 4.69) is 20.1 Å². The van der Waals surface area contributed by atoms with E-state index in [4.69, 9.17) is 16.2 Å². The third kappa shape index (κ3) is 4.78. The topological polar surface area (TPSA) is 172 Å². The fourth-order valence-electron chi connectivity index (χ4n) is 1.85. The van der Waals surface area contributed by atoms with Gasteiger partial charge in [-0.15, -0.1) is 0 Å². The van der Waals surface area contributed by atoms with Gasteiger partial charge in [0, 0.05) is 21.5 Å². The summed E-state index contributed by atoms with van der Waals surface area (Å²) in [6, 6.07) is 3.10. The van der Waals surface area contributed by atoms with Gasteiger partial charge in [-0.05, 0) is 40.7 Å². The Bertz CT molecular complexity index is 773. The summed E-state index contributed by atoms with van der Waals surface area (Å²) in [6.07, 6.45) is 0.583. The molecule has 118 valence electrons. The highest BCUT2D eigenvalue weighted by molar-refractivity contribution is 6.38. The van der Waals surface area contributed by atoms with Crippen molar-refractivity contribution in [2.45, 2.75) is 20.0 Å². The Morgan fingerprint density at radius 2 is 1.78 bits per heavy atom. The zero-order valence-corrected chi connectivity index (χ0v) is 12.0. The molecule has 0 saturated heterocycles. The van der Waals surface area contributed by atoms with Crippen LogP contribution in [0.3, 0.4) is 0 Å². The minimum absolute atomic E-state index is 0.0143. The van der Waals surface area contributed by atoms with Gasteiger partial charge < -0.3 is 10.2 Å². The summed E-state index contributed by atoms with van der Waals surface area (Å²) in [7, 11) is 0. The van der Waals surface area contributed by atoms with Gasteiger partial charge in [0.25, 0.3) is 5.78 Å². The Kier molecular flexibility index (Phi) is 6.17. The second-order valence-electron chi connectivity index (χ2n) is 4.40. The molecule has 0 saturated carbocycles. The molecule has 1 aromatic rings. The molecule has 10 nitrogen and oxygen atoms in total. The van der Waals surface area contributed by atoms with Gasteiger partial charge in [-0.2, -0.15) is 0 Å². The SMILES string of the molecule is Cc1c(CN=[N+]=[N-])cc(CN=[N+]=[N-])cc1/C(O)=C/C(=O)C(=O)O. The Morgan fingerprint density at radius 1 is 1.17 bits per heavy atom. The molecule has 0 spiro atoms. The number of carboxylic acids is 1. The van der Waals surface area contributed by atoms with Gasteiger partial charge in [-0.25, -0.2) is 4.79 Å². The molecule has 0 amide bonds. The first kappa shape index (κ1) is 17.6. The zero-order chi connectivity index (χ0) is 17.4. The molecule has 0 fully saturated rings. The summed E-state index contributed by atoms with van der Waals surface area (Å²) in [5.41, 5.74) is 18.5. The van der Waals surface area contributed by atoms with E-state index in [-0.39, 0.29) is 18.7 Å². The molecule has 0 aliphatic rings. The van der Waals surface area contributed by atoms with Crippen LogP contribution in [-0.2, 0) is 22.7 Å². The number of carbonyl (C=O) groups excluding carboxylic acids is 1. The van der Waals surface area contributed by atoms with E-state index in [9.17, 15) is 14.7 Å². The zero-order valence-electron chi connectivity index (χ0n) is 12.0. The largest absolute Gasteiger partial charge is 0.507 e. The van der Waals surface area contributed by atoms with Crippen LogP contribution in [0.4, 0.5) is 0 Å². The number of hydrogen-bond acceptors (Lipinski definition) is 5. The highest BCUT2D eigenvalue weighted by atomic mass is 16.4. The summed E-state index contributed by atoms with van der Waals surface area (Å²) in [4.78, 5) is 27.0. The van der Waals surface area contributed by atoms with Gasteiger partial charge in [-0.1, -0.05) is 16.3 Å². The standard InChI is InChI=1S/C13H12N6O4/c1-7-9(6-17-19-15)2-8(5-16-18-14)3-10(7)11(20)4-12(21)13(22)23/h2-4,20H,5-6H2,1H3,(H,22,23)/b11-4-. The number of nitrogens with zero attached hydrogens (tertiary/aromatic N) is 6. The first-order chi connectivity index (χ1) is 10.9. The predicted octanol–water partition coefficient (Wildman–Crippen LogP) is 3.17. The fraction of sp³-hybridized carbons (Fsp3) is 0.231. The third-order valence-electron chi connectivity index (χ3n) is 2.95. The maximum absolute atomic E-state index is 11.2. The lowest BCUT2D eigenvalue weighted by Crippen LogP contribution is -2.10. The van der Waals surface area contributed by atoms with E-state index in [1.165, 1.54) is 6.07 Å². The maximum atomic E-state index is 11.2. The molecule has 0 unspecified atom stereocenters. The van der Waals surface area contributed by atoms with Crippen LogP contribution in [-0.4, -0.2) is 22.0 Å². The van der Waals surface area contributed by atoms with Crippen LogP contribution in [0.25, 0.3) is 26.6 Å². The molecule has 2 N–H and O–H groups in total. The second-order valence-corrected chi connectivity index (χ2v) is 4.40. The number of aliphatic hydroxyl groups excluding tert-OH is 1. The van der Waals surface area contributed by atoms with Crippen molar-refractivity contribution in [1.29, 1.82) is 0 Å². The number of benzene rings is 1. The highest BCUT2D eigenvalue weighted by Crippen LogP contribution is 2.24. The van der Waals surface area contributed by atoms with Crippen LogP contribution in [0.2, 0.25) is 0 Å². The van der Waals surface area contributed by atoms with Gasteiger partial charge in [0.1, 0.15) is 5.76 Å². The lowest BCUT2D eigenvalue weighted by molar-refractivity contribution is -0.146. The van der Waals surface area contributed by atoms with Gasteiger partial charge in [0.05, 0.1) is 13.1 Å². The first-order valence-electron chi connectivity index (χ1n) is 6.23. The average molecular weight is 316 g/mol. The van der Waals surface area contributed by atoms with E-state index in [0.29, 0.717) is 22.8 Å². The minimum atomic E-state index is -1.70. The molecular formula is C13H12N6O4. The smallest absolute Gasteiger partial charge is 0.376 e. The molecular weight excluding hydrogens is 304 g/mol. The van der Waals surface area contributed by atoms with E-state index in [0.717, 1.165) is 0 Å². The monoisotopic (exact) mass is 316 g/mol. The molecule has 0 aromatic heterocycles. The lowest BCUT2D eigenvalue weighted by atomic mass is 9.97. The number of aliphatic hydroxyl groups is 1. The second kappa shape index (κ2) is 8.08. The van der Waals surface area contributed by atoms with Crippen LogP contribution in [0.5, 0.6) is 0 Å². The molecule has 10 heteroatoms. The lowest BCUT2D eigenvalue weighted by Gasteiger charge is -2.12. The number of carbonyl (C=O) groups is 2. The van der Waals surface area contributed by atoms with Crippen LogP contribution in [0, 0.1) is 6.92 Å². The average Bonchev–Trinajstić information content (AvgIpc) is 2.52. The van der Waals surface area contributed by atoms with E-state index in [1.807, 2.05) is 0 Å². The van der Waals surface area contributed by atoms with E-state index < -0.39 is 17.5 Å². The van der Waals surface area contributed by atoms with Crippen molar-refractivity contribution in [3.05, 3.63) is 61.3 Å². The first-order valence-corrected chi connectivity index (χ1v) is 6.23. The van der Waals surface area contributed by atoms with Crippen LogP contribution >= 0.6 is 0 Å². The summed E-state index contributed by atoms with van der Waals surface area (Å²) < 4.78 is 0. The van der Waals surface area contributed by atoms with Crippen molar-refractivity contribution >= 4 is 17.5 Å². The van der Waals surface area contributed by atoms with E-state index in [1.54, 1.807) is 13.0 Å². The van der Waals surface area contributed by atoms with Crippen LogP contribution in [0.15, 0.2) is 28.4 Å². The van der Waals surface area contributed by atoms with Crippen LogP contribution < -0.4 is 0 Å². The maximum Gasteiger partial charge on any atom is 0.376 e. The summed E-state index contributed by atoms with van der Waals surface area (Å²) in [5.74, 6) is -3.52. The number of carboxylic acid groups (broad SMARTS) is 1. The molecule has 0 bridgehead atoms. The third-order valence-corrected chi connectivity index (χ3v) is 2.95. The van der Waals surface area contributed by atoms with Gasteiger partial charge in [0.15, 0.2) is 0 Å². The van der Waals surface area contributed by atoms with Crippen molar-refractivity contribution in [3.8, 4) is 0 Å². The van der Waals surface area contributed by atoms with Crippen LogP contribution in [0.1, 0.15) is 22.3 Å². The number of hydrogen-bond donors (Lipinski definition) is 2. The van der Waals surface area contributed by atoms with Crippen molar-refractivity contribution in [2.75, 3.05) is 0 Å². The fourth-order valence-corrected chi connectivity index (χ4v) is 1.85. The van der Waals surface area contributed by atoms with Crippen molar-refractivity contribution < 1.29 is 19.8 Å². The number of rotatable bonds is 7. The molecule has 1 aromatic carbocycles. The molecule has 0 aliphatic carbocycles. The number of aliphatic carboxylic acids is 1. The Hall–Kier alpha value is -3.48. The molecule has 0 radical (unpaired) electrons. The highest BCUT2D eigenvalue weighted by Gasteiger charge is 2.14. The molecule has 0 aliphatic heterocycles. The Balaban J connectivity index is 3.43. The van der Waals surface area contributed by atoms with E-state index >= 15 is 0 Å². The van der Waals surface area contributed by atoms with Gasteiger partial charge >= 0.3 is 5.97 Å². The number of azide groups is 2. The molecule has 1 rings (SSSR count). The Labute approximate surface area is 129 Å². The summed E-state index contributed by atoms with van der Waals surface area (Å²) >= 11 is 0. The Morgan fingerprint density at radius 3 is 2.35 bits per heavy atom.